The summed E-state index contributed by atoms with van der Waals surface area (Å²) < 4.78 is 0. The number of benzene rings is 1. The number of hydrogen-bond acceptors (Lipinski definition) is 4. The predicted molar refractivity (Wildman–Crippen MR) is 91.4 cm³/mol. The summed E-state index contributed by atoms with van der Waals surface area (Å²) in [6.45, 7) is 2.12. The van der Waals surface area contributed by atoms with Crippen LogP contribution in [0.5, 0.6) is 0 Å². The van der Waals surface area contributed by atoms with Gasteiger partial charge >= 0.3 is 0 Å². The fourth-order valence-corrected chi connectivity index (χ4v) is 4.23. The second-order valence-electron chi connectivity index (χ2n) is 5.89. The second kappa shape index (κ2) is 6.84. The Hall–Kier alpha value is -1.33. The van der Waals surface area contributed by atoms with E-state index in [0.717, 1.165) is 49.2 Å². The van der Waals surface area contributed by atoms with Crippen LogP contribution in [0.4, 0.5) is 0 Å². The van der Waals surface area contributed by atoms with Crippen LogP contribution in [0.25, 0.3) is 10.9 Å². The third-order valence-electron chi connectivity index (χ3n) is 4.20. The van der Waals surface area contributed by atoms with Crippen molar-refractivity contribution in [2.24, 2.45) is 0 Å². The molecule has 4 nitrogen and oxygen atoms in total. The Bertz CT molecular complexity index is 707. The fourth-order valence-electron chi connectivity index (χ4n) is 2.92. The molecule has 0 saturated carbocycles. The Morgan fingerprint density at radius 2 is 2.36 bits per heavy atom. The summed E-state index contributed by atoms with van der Waals surface area (Å²) in [6, 6.07) is 5.56. The summed E-state index contributed by atoms with van der Waals surface area (Å²) in [7, 11) is 0. The highest BCUT2D eigenvalue weighted by atomic mass is 32.2. The molecule has 1 fully saturated rings. The first-order chi connectivity index (χ1) is 10.7. The molecule has 118 valence electrons. The number of fused-ring (bicyclic) bond motifs is 1. The zero-order chi connectivity index (χ0) is 15.5. The quantitative estimate of drug-likeness (QED) is 0.888. The van der Waals surface area contributed by atoms with Gasteiger partial charge in [-0.25, -0.2) is 4.98 Å². The number of aryl methyl sites for hydroxylation is 1. The van der Waals surface area contributed by atoms with Gasteiger partial charge in [0.1, 0.15) is 5.82 Å². The van der Waals surface area contributed by atoms with E-state index in [1.54, 1.807) is 6.07 Å². The lowest BCUT2D eigenvalue weighted by Crippen LogP contribution is -2.15. The Balaban J connectivity index is 1.92. The zero-order valence-electron chi connectivity index (χ0n) is 12.8. The van der Waals surface area contributed by atoms with Crippen molar-refractivity contribution in [1.82, 2.24) is 9.97 Å². The van der Waals surface area contributed by atoms with E-state index >= 15 is 0 Å². The summed E-state index contributed by atoms with van der Waals surface area (Å²) in [6.07, 6.45) is 4.58. The van der Waals surface area contributed by atoms with Crippen molar-refractivity contribution in [3.63, 3.8) is 0 Å². The van der Waals surface area contributed by atoms with Gasteiger partial charge in [-0.1, -0.05) is 19.4 Å². The lowest BCUT2D eigenvalue weighted by atomic mass is 10.0. The highest BCUT2D eigenvalue weighted by molar-refractivity contribution is 8.00. The van der Waals surface area contributed by atoms with Gasteiger partial charge in [-0.15, -0.1) is 0 Å². The third-order valence-corrected chi connectivity index (χ3v) is 5.65. The first-order valence-corrected chi connectivity index (χ1v) is 9.06. The minimum atomic E-state index is -0.504. The van der Waals surface area contributed by atoms with Crippen molar-refractivity contribution in [3.05, 3.63) is 39.9 Å². The minimum Gasteiger partial charge on any atom is -0.387 e. The Labute approximate surface area is 134 Å². The van der Waals surface area contributed by atoms with Crippen molar-refractivity contribution in [2.45, 2.75) is 50.4 Å². The van der Waals surface area contributed by atoms with E-state index in [9.17, 15) is 9.90 Å². The van der Waals surface area contributed by atoms with Crippen LogP contribution in [-0.2, 0) is 6.42 Å². The van der Waals surface area contributed by atoms with Crippen LogP contribution in [0.15, 0.2) is 23.0 Å². The molecule has 1 aliphatic rings. The van der Waals surface area contributed by atoms with Crippen molar-refractivity contribution in [1.29, 1.82) is 0 Å². The first kappa shape index (κ1) is 15.6. The number of rotatable bonds is 5. The summed E-state index contributed by atoms with van der Waals surface area (Å²) in [5, 5.41) is 11.3. The van der Waals surface area contributed by atoms with E-state index < -0.39 is 6.10 Å². The van der Waals surface area contributed by atoms with Crippen LogP contribution in [0.1, 0.15) is 50.1 Å². The van der Waals surface area contributed by atoms with Gasteiger partial charge < -0.3 is 10.1 Å². The monoisotopic (exact) mass is 318 g/mol. The number of aromatic amines is 1. The molecule has 0 bridgehead atoms. The molecule has 2 N–H and O–H groups in total. The fraction of sp³-hybridized carbons (Fsp3) is 0.529. The number of thioether (sulfide) groups is 1. The summed E-state index contributed by atoms with van der Waals surface area (Å²) in [4.78, 5) is 19.7. The van der Waals surface area contributed by atoms with Crippen LogP contribution in [0.3, 0.4) is 0 Å². The van der Waals surface area contributed by atoms with E-state index in [1.165, 1.54) is 0 Å². The van der Waals surface area contributed by atoms with Gasteiger partial charge in [0.2, 0.25) is 0 Å². The molecule has 3 rings (SSSR count). The SMILES string of the molecule is CCCCc1nc2ccc(C(O)C3CCCS3)cc2c(=O)[nH]1. The van der Waals surface area contributed by atoms with Gasteiger partial charge in [0, 0.05) is 11.7 Å². The van der Waals surface area contributed by atoms with Crippen molar-refractivity contribution in [2.75, 3.05) is 5.75 Å². The van der Waals surface area contributed by atoms with Crippen molar-refractivity contribution < 1.29 is 5.11 Å². The van der Waals surface area contributed by atoms with Gasteiger partial charge in [-0.05, 0) is 42.7 Å². The van der Waals surface area contributed by atoms with E-state index in [-0.39, 0.29) is 10.8 Å². The number of aliphatic hydroxyl groups excluding tert-OH is 1. The topological polar surface area (TPSA) is 66.0 Å². The van der Waals surface area contributed by atoms with Crippen molar-refractivity contribution in [3.8, 4) is 0 Å². The number of aliphatic hydroxyl groups is 1. The van der Waals surface area contributed by atoms with Crippen LogP contribution in [0, 0.1) is 0 Å². The van der Waals surface area contributed by atoms with Crippen molar-refractivity contribution >= 4 is 22.7 Å². The maximum absolute atomic E-state index is 12.3. The molecular weight excluding hydrogens is 296 g/mol. The largest absolute Gasteiger partial charge is 0.387 e. The van der Waals surface area contributed by atoms with Gasteiger partial charge in [0.05, 0.1) is 17.0 Å². The molecule has 2 aromatic rings. The lowest BCUT2D eigenvalue weighted by molar-refractivity contribution is 0.173. The maximum Gasteiger partial charge on any atom is 0.258 e. The standard InChI is InChI=1S/C17H22N2O2S/c1-2-3-6-15-18-13-8-7-11(10-12(13)17(21)19-15)16(20)14-5-4-9-22-14/h7-8,10,14,16,20H,2-6,9H2,1H3,(H,18,19,21). The number of hydrogen-bond donors (Lipinski definition) is 2. The summed E-state index contributed by atoms with van der Waals surface area (Å²) in [5.41, 5.74) is 1.43. The molecule has 2 atom stereocenters. The van der Waals surface area contributed by atoms with E-state index in [0.29, 0.717) is 10.9 Å². The number of H-pyrrole nitrogens is 1. The van der Waals surface area contributed by atoms with Crippen LogP contribution in [-0.4, -0.2) is 26.1 Å². The highest BCUT2D eigenvalue weighted by Gasteiger charge is 2.25. The average molecular weight is 318 g/mol. The molecule has 0 aliphatic carbocycles. The average Bonchev–Trinajstić information content (AvgIpc) is 3.06. The number of nitrogens with one attached hydrogen (secondary N) is 1. The molecule has 2 unspecified atom stereocenters. The number of aromatic nitrogens is 2. The van der Waals surface area contributed by atoms with Gasteiger partial charge in [0.25, 0.3) is 5.56 Å². The highest BCUT2D eigenvalue weighted by Crippen LogP contribution is 2.36. The smallest absolute Gasteiger partial charge is 0.258 e. The molecule has 1 aliphatic heterocycles. The van der Waals surface area contributed by atoms with E-state index in [4.69, 9.17) is 0 Å². The molecule has 0 amide bonds. The molecule has 1 saturated heterocycles. The maximum atomic E-state index is 12.3. The molecule has 2 heterocycles. The first-order valence-electron chi connectivity index (χ1n) is 8.01. The minimum absolute atomic E-state index is 0.107. The molecule has 0 spiro atoms. The Morgan fingerprint density at radius 3 is 3.09 bits per heavy atom. The van der Waals surface area contributed by atoms with Gasteiger partial charge in [-0.2, -0.15) is 11.8 Å². The van der Waals surface area contributed by atoms with Crippen LogP contribution >= 0.6 is 11.8 Å². The van der Waals surface area contributed by atoms with E-state index in [1.807, 2.05) is 23.9 Å². The Morgan fingerprint density at radius 1 is 1.50 bits per heavy atom. The molecule has 1 aromatic carbocycles. The third kappa shape index (κ3) is 3.20. The predicted octanol–water partition coefficient (Wildman–Crippen LogP) is 3.19. The van der Waals surface area contributed by atoms with Crippen LogP contribution < -0.4 is 5.56 Å². The summed E-state index contributed by atoms with van der Waals surface area (Å²) >= 11 is 1.81. The number of nitrogens with zero attached hydrogens (tertiary/aromatic N) is 1. The summed E-state index contributed by atoms with van der Waals surface area (Å²) in [5.74, 6) is 1.86. The molecular formula is C17H22N2O2S. The normalized spacial score (nSPS) is 19.6. The molecule has 5 heteroatoms. The lowest BCUT2D eigenvalue weighted by Gasteiger charge is -2.17. The van der Waals surface area contributed by atoms with Gasteiger partial charge in [0.15, 0.2) is 0 Å². The molecule has 22 heavy (non-hydrogen) atoms. The zero-order valence-corrected chi connectivity index (χ0v) is 13.7. The van der Waals surface area contributed by atoms with E-state index in [2.05, 4.69) is 16.9 Å². The number of unbranched alkanes of at least 4 members (excludes halogenated alkanes) is 1. The molecule has 0 radical (unpaired) electrons. The van der Waals surface area contributed by atoms with Crippen LogP contribution in [0.2, 0.25) is 0 Å². The van der Waals surface area contributed by atoms with Gasteiger partial charge in [-0.3, -0.25) is 4.79 Å². The molecule has 1 aromatic heterocycles. The Kier molecular flexibility index (Phi) is 4.84. The second-order valence-corrected chi connectivity index (χ2v) is 7.24.